The number of hydrogen-bond acceptors (Lipinski definition) is 0. The molecule has 3 aromatic carbocycles. The van der Waals surface area contributed by atoms with Crippen LogP contribution in [0.5, 0.6) is 0 Å². The summed E-state index contributed by atoms with van der Waals surface area (Å²) in [6.07, 6.45) is 1.60. The Morgan fingerprint density at radius 1 is 0.625 bits per heavy atom. The normalized spacial score (nSPS) is 11.6. The average molecular weight is 328 g/mol. The zero-order chi connectivity index (χ0) is 17.1. The van der Waals surface area contributed by atoms with Gasteiger partial charge in [0.25, 0.3) is 0 Å². The van der Waals surface area contributed by atoms with E-state index in [4.69, 9.17) is 0 Å². The summed E-state index contributed by atoms with van der Waals surface area (Å²) in [5, 5.41) is 0. The van der Waals surface area contributed by atoms with Gasteiger partial charge in [0.2, 0.25) is 0 Å². The van der Waals surface area contributed by atoms with Crippen LogP contribution in [0.1, 0.15) is 16.7 Å². The maximum absolute atomic E-state index is 14.2. The molecule has 0 radical (unpaired) electrons. The highest BCUT2D eigenvalue weighted by molar-refractivity contribution is 5.91. The summed E-state index contributed by atoms with van der Waals surface area (Å²) >= 11 is 0. The molecule has 0 heterocycles. The molecule has 0 atom stereocenters. The molecule has 0 aromatic heterocycles. The average Bonchev–Trinajstić information content (AvgIpc) is 2.58. The standard InChI is InChI=1S/C20H12F4/c21-15-5-1-13(2-6-15)11-18(14-3-7-16(22)8-4-14)19-12-17(23)9-10-20(19)24/h1-12H/b18-11+. The lowest BCUT2D eigenvalue weighted by Gasteiger charge is -2.11. The first-order chi connectivity index (χ1) is 11.5. The van der Waals surface area contributed by atoms with Crippen molar-refractivity contribution in [2.75, 3.05) is 0 Å². The SMILES string of the molecule is Fc1ccc(/C=C(\c2ccc(F)cc2)c2cc(F)ccc2F)cc1. The quantitative estimate of drug-likeness (QED) is 0.419. The van der Waals surface area contributed by atoms with Crippen LogP contribution in [0.25, 0.3) is 11.6 Å². The minimum atomic E-state index is -0.603. The van der Waals surface area contributed by atoms with Crippen LogP contribution in [0.15, 0.2) is 66.7 Å². The first-order valence-corrected chi connectivity index (χ1v) is 7.21. The van der Waals surface area contributed by atoms with Crippen LogP contribution in [-0.4, -0.2) is 0 Å². The lowest BCUT2D eigenvalue weighted by molar-refractivity contribution is 0.597. The van der Waals surface area contributed by atoms with E-state index in [-0.39, 0.29) is 5.56 Å². The van der Waals surface area contributed by atoms with Gasteiger partial charge in [0, 0.05) is 5.56 Å². The first kappa shape index (κ1) is 16.0. The second kappa shape index (κ2) is 6.71. The van der Waals surface area contributed by atoms with Gasteiger partial charge in [-0.1, -0.05) is 24.3 Å². The van der Waals surface area contributed by atoms with Gasteiger partial charge < -0.3 is 0 Å². The third kappa shape index (κ3) is 3.54. The lowest BCUT2D eigenvalue weighted by Crippen LogP contribution is -1.94. The molecule has 4 heteroatoms. The van der Waals surface area contributed by atoms with E-state index in [1.165, 1.54) is 48.5 Å². The molecule has 0 saturated carbocycles. The van der Waals surface area contributed by atoms with Gasteiger partial charge >= 0.3 is 0 Å². The maximum Gasteiger partial charge on any atom is 0.131 e. The second-order valence-corrected chi connectivity index (χ2v) is 5.24. The van der Waals surface area contributed by atoms with Crippen LogP contribution in [0.2, 0.25) is 0 Å². The van der Waals surface area contributed by atoms with Crippen LogP contribution >= 0.6 is 0 Å². The Hall–Kier alpha value is -2.88. The van der Waals surface area contributed by atoms with Gasteiger partial charge in [0.05, 0.1) is 0 Å². The third-order valence-corrected chi connectivity index (χ3v) is 3.55. The van der Waals surface area contributed by atoms with Crippen molar-refractivity contribution < 1.29 is 17.6 Å². The fraction of sp³-hybridized carbons (Fsp3) is 0. The van der Waals surface area contributed by atoms with Crippen molar-refractivity contribution in [1.29, 1.82) is 0 Å². The summed E-state index contributed by atoms with van der Waals surface area (Å²) in [6.45, 7) is 0. The van der Waals surface area contributed by atoms with E-state index in [9.17, 15) is 17.6 Å². The van der Waals surface area contributed by atoms with Gasteiger partial charge in [-0.05, 0) is 65.2 Å². The minimum absolute atomic E-state index is 0.0472. The fourth-order valence-corrected chi connectivity index (χ4v) is 2.38. The summed E-state index contributed by atoms with van der Waals surface area (Å²) < 4.78 is 54.0. The smallest absolute Gasteiger partial charge is 0.131 e. The van der Waals surface area contributed by atoms with Gasteiger partial charge in [-0.15, -0.1) is 0 Å². The zero-order valence-corrected chi connectivity index (χ0v) is 12.4. The number of hydrogen-bond donors (Lipinski definition) is 0. The second-order valence-electron chi connectivity index (χ2n) is 5.24. The first-order valence-electron chi connectivity index (χ1n) is 7.21. The molecule has 0 nitrogen and oxygen atoms in total. The monoisotopic (exact) mass is 328 g/mol. The molecule has 0 fully saturated rings. The summed E-state index contributed by atoms with van der Waals surface area (Å²) in [4.78, 5) is 0. The highest BCUT2D eigenvalue weighted by Crippen LogP contribution is 2.29. The number of rotatable bonds is 3. The Labute approximate surface area is 136 Å². The molecule has 0 spiro atoms. The molecule has 0 amide bonds. The molecule has 3 aromatic rings. The molecule has 0 unspecified atom stereocenters. The van der Waals surface area contributed by atoms with E-state index in [2.05, 4.69) is 0 Å². The Morgan fingerprint density at radius 3 is 1.79 bits per heavy atom. The third-order valence-electron chi connectivity index (χ3n) is 3.55. The molecule has 0 aliphatic rings. The largest absolute Gasteiger partial charge is 0.207 e. The molecule has 0 saturated heterocycles. The molecule has 0 bridgehead atoms. The summed E-state index contributed by atoms with van der Waals surface area (Å²) in [7, 11) is 0. The van der Waals surface area contributed by atoms with Gasteiger partial charge in [0.1, 0.15) is 23.3 Å². The number of halogens is 4. The van der Waals surface area contributed by atoms with Crippen LogP contribution in [0, 0.1) is 23.3 Å². The van der Waals surface area contributed by atoms with Crippen LogP contribution < -0.4 is 0 Å². The van der Waals surface area contributed by atoms with Crippen molar-refractivity contribution in [2.45, 2.75) is 0 Å². The molecular formula is C20H12F4. The van der Waals surface area contributed by atoms with Crippen molar-refractivity contribution >= 4 is 11.6 Å². The topological polar surface area (TPSA) is 0 Å². The van der Waals surface area contributed by atoms with E-state index >= 15 is 0 Å². The number of benzene rings is 3. The molecule has 24 heavy (non-hydrogen) atoms. The Bertz CT molecular complexity index is 879. The Balaban J connectivity index is 2.18. The van der Waals surface area contributed by atoms with E-state index in [1.807, 2.05) is 0 Å². The molecule has 0 aliphatic carbocycles. The van der Waals surface area contributed by atoms with E-state index in [0.29, 0.717) is 16.7 Å². The van der Waals surface area contributed by atoms with Gasteiger partial charge in [-0.2, -0.15) is 0 Å². The predicted molar refractivity (Wildman–Crippen MR) is 86.1 cm³/mol. The van der Waals surface area contributed by atoms with Crippen molar-refractivity contribution in [3.8, 4) is 0 Å². The van der Waals surface area contributed by atoms with Crippen molar-refractivity contribution in [3.05, 3.63) is 107 Å². The Kier molecular flexibility index (Phi) is 4.47. The Morgan fingerprint density at radius 2 is 1.17 bits per heavy atom. The lowest BCUT2D eigenvalue weighted by atomic mass is 9.95. The highest BCUT2D eigenvalue weighted by Gasteiger charge is 2.12. The summed E-state index contributed by atoms with van der Waals surface area (Å²) in [5.41, 5.74) is 1.55. The van der Waals surface area contributed by atoms with Gasteiger partial charge in [0.15, 0.2) is 0 Å². The predicted octanol–water partition coefficient (Wildman–Crippen LogP) is 5.83. The van der Waals surface area contributed by atoms with Crippen LogP contribution in [0.3, 0.4) is 0 Å². The molecule has 120 valence electrons. The van der Waals surface area contributed by atoms with Crippen LogP contribution in [0.4, 0.5) is 17.6 Å². The van der Waals surface area contributed by atoms with Gasteiger partial charge in [-0.3, -0.25) is 0 Å². The fourth-order valence-electron chi connectivity index (χ4n) is 2.38. The minimum Gasteiger partial charge on any atom is -0.207 e. The van der Waals surface area contributed by atoms with Crippen molar-refractivity contribution in [3.63, 3.8) is 0 Å². The van der Waals surface area contributed by atoms with Crippen molar-refractivity contribution in [2.24, 2.45) is 0 Å². The van der Waals surface area contributed by atoms with Gasteiger partial charge in [-0.25, -0.2) is 17.6 Å². The van der Waals surface area contributed by atoms with Crippen molar-refractivity contribution in [1.82, 2.24) is 0 Å². The zero-order valence-electron chi connectivity index (χ0n) is 12.4. The van der Waals surface area contributed by atoms with E-state index in [1.54, 1.807) is 6.08 Å². The maximum atomic E-state index is 14.2. The van der Waals surface area contributed by atoms with Crippen LogP contribution in [-0.2, 0) is 0 Å². The molecule has 3 rings (SSSR count). The van der Waals surface area contributed by atoms with E-state index in [0.717, 1.165) is 18.2 Å². The molecule has 0 N–H and O–H groups in total. The summed E-state index contributed by atoms with van der Waals surface area (Å²) in [5.74, 6) is -2.01. The highest BCUT2D eigenvalue weighted by atomic mass is 19.1. The van der Waals surface area contributed by atoms with E-state index < -0.39 is 23.3 Å². The summed E-state index contributed by atoms with van der Waals surface area (Å²) in [6, 6.07) is 14.2. The molecular weight excluding hydrogens is 316 g/mol. The molecule has 0 aliphatic heterocycles.